The fourth-order valence-corrected chi connectivity index (χ4v) is 7.46. The molecule has 0 bridgehead atoms. The Labute approximate surface area is 188 Å². The van der Waals surface area contributed by atoms with E-state index in [-0.39, 0.29) is 16.8 Å². The zero-order valence-electron chi connectivity index (χ0n) is 19.9. The standard InChI is InChI=1S/C27H41NO3/c1-20-9-12-24-26(2,14-8-15-27(24,3)25(29)30-4)22(20)11-10-21-13-18-31-23(21)19-28-16-6-5-7-17-28/h13,18,22,24H,1,5-12,14-17,19H2,2-4H3/p+1/t22-,24+,26+,27-/m0/s1. The van der Waals surface area contributed by atoms with Crippen LogP contribution in [0.3, 0.4) is 0 Å². The number of carbonyl (C=O) groups is 1. The molecule has 0 aromatic carbocycles. The van der Waals surface area contributed by atoms with Crippen molar-refractivity contribution < 1.29 is 18.8 Å². The van der Waals surface area contributed by atoms with E-state index in [0.717, 1.165) is 45.1 Å². The maximum absolute atomic E-state index is 12.8. The van der Waals surface area contributed by atoms with Gasteiger partial charge in [0.05, 0.1) is 31.9 Å². The van der Waals surface area contributed by atoms with Crippen LogP contribution in [0.2, 0.25) is 0 Å². The average molecular weight is 429 g/mol. The van der Waals surface area contributed by atoms with Gasteiger partial charge in [-0.05, 0) is 93.6 Å². The molecule has 1 N–H and O–H groups in total. The van der Waals surface area contributed by atoms with Gasteiger partial charge in [0.1, 0.15) is 6.54 Å². The Bertz CT molecular complexity index is 792. The molecular formula is C27H42NO3+. The summed E-state index contributed by atoms with van der Waals surface area (Å²) in [4.78, 5) is 14.5. The fraction of sp³-hybridized carbons (Fsp3) is 0.741. The van der Waals surface area contributed by atoms with Crippen LogP contribution >= 0.6 is 0 Å². The molecule has 1 aliphatic heterocycles. The van der Waals surface area contributed by atoms with Crippen molar-refractivity contribution >= 4 is 5.97 Å². The molecule has 172 valence electrons. The van der Waals surface area contributed by atoms with Gasteiger partial charge in [0, 0.05) is 0 Å². The second-order valence-electron chi connectivity index (χ2n) is 11.0. The number of fused-ring (bicyclic) bond motifs is 1. The van der Waals surface area contributed by atoms with Crippen LogP contribution < -0.4 is 4.90 Å². The van der Waals surface area contributed by atoms with Gasteiger partial charge in [-0.1, -0.05) is 25.5 Å². The topological polar surface area (TPSA) is 43.9 Å². The number of likely N-dealkylation sites (tertiary alicyclic amines) is 1. The summed E-state index contributed by atoms with van der Waals surface area (Å²) in [7, 11) is 1.55. The number of ether oxygens (including phenoxy) is 1. The Kier molecular flexibility index (Phi) is 6.67. The Morgan fingerprint density at radius 2 is 2.00 bits per heavy atom. The van der Waals surface area contributed by atoms with Gasteiger partial charge in [-0.3, -0.25) is 4.79 Å². The first-order chi connectivity index (χ1) is 14.9. The van der Waals surface area contributed by atoms with Crippen LogP contribution in [0, 0.1) is 22.7 Å². The summed E-state index contributed by atoms with van der Waals surface area (Å²) in [6, 6.07) is 2.18. The largest absolute Gasteiger partial charge is 0.469 e. The van der Waals surface area contributed by atoms with Gasteiger partial charge in [-0.2, -0.15) is 0 Å². The van der Waals surface area contributed by atoms with Gasteiger partial charge in [-0.15, -0.1) is 0 Å². The van der Waals surface area contributed by atoms with Gasteiger partial charge in [0.15, 0.2) is 5.76 Å². The van der Waals surface area contributed by atoms with Gasteiger partial charge >= 0.3 is 5.97 Å². The molecule has 31 heavy (non-hydrogen) atoms. The third-order valence-corrected chi connectivity index (χ3v) is 9.18. The molecule has 4 rings (SSSR count). The van der Waals surface area contributed by atoms with Crippen LogP contribution in [0.4, 0.5) is 0 Å². The van der Waals surface area contributed by atoms with Gasteiger partial charge in [-0.25, -0.2) is 0 Å². The lowest BCUT2D eigenvalue weighted by molar-refractivity contribution is -0.919. The van der Waals surface area contributed by atoms with E-state index in [1.807, 2.05) is 6.26 Å². The number of furan rings is 1. The lowest BCUT2D eigenvalue weighted by atomic mass is 9.46. The summed E-state index contributed by atoms with van der Waals surface area (Å²) >= 11 is 0. The Morgan fingerprint density at radius 1 is 1.23 bits per heavy atom. The number of aryl methyl sites for hydroxylation is 1. The van der Waals surface area contributed by atoms with Crippen molar-refractivity contribution in [2.45, 2.75) is 84.6 Å². The predicted molar refractivity (Wildman–Crippen MR) is 123 cm³/mol. The zero-order valence-corrected chi connectivity index (χ0v) is 19.9. The quantitative estimate of drug-likeness (QED) is 0.526. The van der Waals surface area contributed by atoms with Crippen LogP contribution in [0.15, 0.2) is 28.9 Å². The minimum absolute atomic E-state index is 0.0173. The number of hydrogen-bond donors (Lipinski definition) is 1. The van der Waals surface area contributed by atoms with E-state index in [4.69, 9.17) is 9.15 Å². The Hall–Kier alpha value is -1.55. The molecule has 0 amide bonds. The molecule has 1 saturated heterocycles. The Morgan fingerprint density at radius 3 is 2.74 bits per heavy atom. The van der Waals surface area contributed by atoms with Crippen molar-refractivity contribution in [2.75, 3.05) is 20.2 Å². The highest BCUT2D eigenvalue weighted by Crippen LogP contribution is 2.62. The first-order valence-corrected chi connectivity index (χ1v) is 12.5. The molecule has 3 fully saturated rings. The van der Waals surface area contributed by atoms with E-state index >= 15 is 0 Å². The van der Waals surface area contributed by atoms with Gasteiger partial charge < -0.3 is 14.1 Å². The van der Waals surface area contributed by atoms with E-state index in [1.165, 1.54) is 55.7 Å². The van der Waals surface area contributed by atoms with E-state index in [0.29, 0.717) is 11.8 Å². The number of allylic oxidation sites excluding steroid dienone is 1. The SMILES string of the molecule is C=C1CC[C@@H]2[C@](C)(CCC[C@]2(C)C(=O)OC)[C@H]1CCc1ccoc1C[NH+]1CCCCC1. The fourth-order valence-electron chi connectivity index (χ4n) is 7.46. The highest BCUT2D eigenvalue weighted by atomic mass is 16.5. The minimum atomic E-state index is -0.362. The monoisotopic (exact) mass is 428 g/mol. The number of hydrogen-bond acceptors (Lipinski definition) is 3. The first-order valence-electron chi connectivity index (χ1n) is 12.5. The van der Waals surface area contributed by atoms with Crippen molar-refractivity contribution in [1.29, 1.82) is 0 Å². The third kappa shape index (κ3) is 4.25. The van der Waals surface area contributed by atoms with E-state index in [1.54, 1.807) is 12.0 Å². The highest BCUT2D eigenvalue weighted by molar-refractivity contribution is 5.77. The maximum Gasteiger partial charge on any atom is 0.311 e. The number of methoxy groups -OCH3 is 1. The van der Waals surface area contributed by atoms with Crippen molar-refractivity contribution in [1.82, 2.24) is 0 Å². The molecule has 4 heteroatoms. The summed E-state index contributed by atoms with van der Waals surface area (Å²) in [5.41, 5.74) is 2.53. The normalized spacial score (nSPS) is 34.4. The summed E-state index contributed by atoms with van der Waals surface area (Å²) in [5.74, 6) is 2.00. The third-order valence-electron chi connectivity index (χ3n) is 9.18. The van der Waals surface area contributed by atoms with Gasteiger partial charge in [0.2, 0.25) is 0 Å². The molecule has 3 aliphatic rings. The lowest BCUT2D eigenvalue weighted by Crippen LogP contribution is -3.11. The molecule has 4 atom stereocenters. The zero-order chi connectivity index (χ0) is 22.1. The van der Waals surface area contributed by atoms with Crippen molar-refractivity contribution in [2.24, 2.45) is 22.7 Å². The highest BCUT2D eigenvalue weighted by Gasteiger charge is 2.57. The molecular weight excluding hydrogens is 386 g/mol. The number of carbonyl (C=O) groups excluding carboxylic acids is 1. The molecule has 2 saturated carbocycles. The second kappa shape index (κ2) is 9.13. The molecule has 2 heterocycles. The number of esters is 1. The molecule has 1 aromatic rings. The summed E-state index contributed by atoms with van der Waals surface area (Å²) in [5, 5.41) is 0. The lowest BCUT2D eigenvalue weighted by Gasteiger charge is -2.57. The number of nitrogens with one attached hydrogen (secondary N) is 1. The molecule has 4 nitrogen and oxygen atoms in total. The Balaban J connectivity index is 1.49. The average Bonchev–Trinajstić information content (AvgIpc) is 3.20. The van der Waals surface area contributed by atoms with Crippen LogP contribution in [0.5, 0.6) is 0 Å². The van der Waals surface area contributed by atoms with E-state index in [9.17, 15) is 4.79 Å². The summed E-state index contributed by atoms with van der Waals surface area (Å²) in [6.07, 6.45) is 13.4. The van der Waals surface area contributed by atoms with E-state index < -0.39 is 0 Å². The first kappa shape index (κ1) is 22.6. The van der Waals surface area contributed by atoms with Crippen molar-refractivity contribution in [3.8, 4) is 0 Å². The smallest absolute Gasteiger partial charge is 0.311 e. The molecule has 0 unspecified atom stereocenters. The predicted octanol–water partition coefficient (Wildman–Crippen LogP) is 4.73. The summed E-state index contributed by atoms with van der Waals surface area (Å²) in [6.45, 7) is 12.7. The molecule has 2 aliphatic carbocycles. The summed E-state index contributed by atoms with van der Waals surface area (Å²) < 4.78 is 11.2. The maximum atomic E-state index is 12.8. The number of rotatable bonds is 6. The van der Waals surface area contributed by atoms with Crippen molar-refractivity contribution in [3.05, 3.63) is 35.8 Å². The number of quaternary nitrogens is 1. The second-order valence-corrected chi connectivity index (χ2v) is 11.0. The van der Waals surface area contributed by atoms with E-state index in [2.05, 4.69) is 26.5 Å². The molecule has 1 aromatic heterocycles. The van der Waals surface area contributed by atoms with Crippen LogP contribution in [0.1, 0.15) is 83.0 Å². The molecule has 0 radical (unpaired) electrons. The molecule has 0 spiro atoms. The van der Waals surface area contributed by atoms with Crippen LogP contribution in [-0.4, -0.2) is 26.2 Å². The number of piperidine rings is 1. The van der Waals surface area contributed by atoms with Crippen molar-refractivity contribution in [3.63, 3.8) is 0 Å². The van der Waals surface area contributed by atoms with Crippen LogP contribution in [0.25, 0.3) is 0 Å². The minimum Gasteiger partial charge on any atom is -0.469 e. The van der Waals surface area contributed by atoms with Gasteiger partial charge in [0.25, 0.3) is 0 Å². The van der Waals surface area contributed by atoms with Crippen LogP contribution in [-0.2, 0) is 22.5 Å².